The van der Waals surface area contributed by atoms with Gasteiger partial charge in [0.1, 0.15) is 5.57 Å². The van der Waals surface area contributed by atoms with E-state index in [0.717, 1.165) is 13.1 Å². The summed E-state index contributed by atoms with van der Waals surface area (Å²) in [7, 11) is 0. The Kier molecular flexibility index (Phi) is 6.09. The molecule has 0 aliphatic rings. The summed E-state index contributed by atoms with van der Waals surface area (Å²) in [5.74, 6) is -1.63. The second-order valence-corrected chi connectivity index (χ2v) is 3.00. The third-order valence-corrected chi connectivity index (χ3v) is 1.98. The Balaban J connectivity index is 4.59. The van der Waals surface area contributed by atoms with E-state index in [2.05, 4.69) is 0 Å². The zero-order valence-corrected chi connectivity index (χ0v) is 9.36. The van der Waals surface area contributed by atoms with Crippen LogP contribution in [0.3, 0.4) is 0 Å². The van der Waals surface area contributed by atoms with E-state index < -0.39 is 11.8 Å². The van der Waals surface area contributed by atoms with Crippen molar-refractivity contribution in [1.82, 2.24) is 4.90 Å². The zero-order valence-electron chi connectivity index (χ0n) is 9.36. The molecule has 0 spiro atoms. The van der Waals surface area contributed by atoms with Crippen molar-refractivity contribution in [2.75, 3.05) is 13.1 Å². The van der Waals surface area contributed by atoms with Crippen LogP contribution in [0.1, 0.15) is 20.8 Å². The molecular formula is C11H17NO3. The van der Waals surface area contributed by atoms with Crippen LogP contribution in [0.4, 0.5) is 0 Å². The predicted octanol–water partition coefficient (Wildman–Crippen LogP) is 1.44. The number of hydrogen-bond acceptors (Lipinski definition) is 3. The molecule has 1 N–H and O–H groups in total. The quantitative estimate of drug-likeness (QED) is 0.312. The van der Waals surface area contributed by atoms with Gasteiger partial charge in [-0.1, -0.05) is 0 Å². The standard InChI is InChI=1S/C11H17NO3/c1-4-12(5-2)8-6-7-10(9(3)13)11(14)15/h6-8H,4-5H2,1-3H3,(H,14,15). The fraction of sp³-hybridized carbons (Fsp3) is 0.455. The van der Waals surface area contributed by atoms with Gasteiger partial charge in [-0.15, -0.1) is 0 Å². The van der Waals surface area contributed by atoms with Gasteiger partial charge in [-0.3, -0.25) is 4.79 Å². The number of hydrogen-bond donors (Lipinski definition) is 1. The van der Waals surface area contributed by atoms with E-state index in [1.165, 1.54) is 13.0 Å². The van der Waals surface area contributed by atoms with Crippen molar-refractivity contribution >= 4 is 11.8 Å². The Labute approximate surface area is 89.9 Å². The van der Waals surface area contributed by atoms with Crippen molar-refractivity contribution in [3.05, 3.63) is 23.9 Å². The van der Waals surface area contributed by atoms with Crippen molar-refractivity contribution in [1.29, 1.82) is 0 Å². The predicted molar refractivity (Wildman–Crippen MR) is 58.5 cm³/mol. The van der Waals surface area contributed by atoms with Gasteiger partial charge in [0, 0.05) is 13.1 Å². The summed E-state index contributed by atoms with van der Waals surface area (Å²) in [4.78, 5) is 23.5. The maximum absolute atomic E-state index is 10.9. The van der Waals surface area contributed by atoms with Crippen molar-refractivity contribution in [3.63, 3.8) is 0 Å². The second kappa shape index (κ2) is 6.81. The minimum atomic E-state index is -1.19. The van der Waals surface area contributed by atoms with Gasteiger partial charge in [0.05, 0.1) is 0 Å². The average molecular weight is 211 g/mol. The zero-order chi connectivity index (χ0) is 11.8. The van der Waals surface area contributed by atoms with Gasteiger partial charge in [0.2, 0.25) is 0 Å². The molecule has 0 saturated heterocycles. The van der Waals surface area contributed by atoms with E-state index >= 15 is 0 Å². The molecule has 0 saturated carbocycles. The molecule has 0 bridgehead atoms. The van der Waals surface area contributed by atoms with Crippen molar-refractivity contribution in [2.24, 2.45) is 0 Å². The molecule has 0 aliphatic heterocycles. The highest BCUT2D eigenvalue weighted by molar-refractivity contribution is 6.15. The molecular weight excluding hydrogens is 194 g/mol. The molecule has 0 radical (unpaired) electrons. The lowest BCUT2D eigenvalue weighted by Crippen LogP contribution is -2.15. The highest BCUT2D eigenvalue weighted by Crippen LogP contribution is 1.98. The number of carboxylic acids is 1. The molecule has 0 aromatic heterocycles. The topological polar surface area (TPSA) is 57.6 Å². The first-order chi connectivity index (χ1) is 7.02. The second-order valence-electron chi connectivity index (χ2n) is 3.00. The number of carbonyl (C=O) groups is 2. The van der Waals surface area contributed by atoms with Crippen LogP contribution in [0.2, 0.25) is 0 Å². The first-order valence-corrected chi connectivity index (χ1v) is 4.89. The van der Waals surface area contributed by atoms with Crippen molar-refractivity contribution < 1.29 is 14.7 Å². The number of ketones is 1. The van der Waals surface area contributed by atoms with Crippen LogP contribution >= 0.6 is 0 Å². The highest BCUT2D eigenvalue weighted by Gasteiger charge is 2.10. The Bertz CT molecular complexity index is 272. The average Bonchev–Trinajstić information content (AvgIpc) is 2.17. The first kappa shape index (κ1) is 13.4. The van der Waals surface area contributed by atoms with Gasteiger partial charge in [-0.25, -0.2) is 4.79 Å². The van der Waals surface area contributed by atoms with Gasteiger partial charge >= 0.3 is 5.97 Å². The maximum atomic E-state index is 10.9. The van der Waals surface area contributed by atoms with Gasteiger partial charge in [-0.05, 0) is 39.1 Å². The maximum Gasteiger partial charge on any atom is 0.339 e. The summed E-state index contributed by atoms with van der Waals surface area (Å²) in [6.07, 6.45) is 4.67. The number of allylic oxidation sites excluding steroid dienone is 2. The minimum absolute atomic E-state index is 0.196. The van der Waals surface area contributed by atoms with E-state index in [1.807, 2.05) is 18.7 Å². The van der Waals surface area contributed by atoms with Crippen LogP contribution < -0.4 is 0 Å². The van der Waals surface area contributed by atoms with Gasteiger partial charge in [-0.2, -0.15) is 0 Å². The third kappa shape index (κ3) is 5.00. The fourth-order valence-electron chi connectivity index (χ4n) is 1.03. The third-order valence-electron chi connectivity index (χ3n) is 1.98. The van der Waals surface area contributed by atoms with Crippen LogP contribution in [0, 0.1) is 0 Å². The van der Waals surface area contributed by atoms with Crippen molar-refractivity contribution in [2.45, 2.75) is 20.8 Å². The molecule has 0 heterocycles. The number of carboxylic acid groups (broad SMARTS) is 1. The lowest BCUT2D eigenvalue weighted by Gasteiger charge is -2.13. The summed E-state index contributed by atoms with van der Waals surface area (Å²) in [6, 6.07) is 0. The van der Waals surface area contributed by atoms with E-state index in [1.54, 1.807) is 12.3 Å². The Morgan fingerprint density at radius 3 is 2.13 bits per heavy atom. The van der Waals surface area contributed by atoms with Crippen molar-refractivity contribution in [3.8, 4) is 0 Å². The molecule has 4 heteroatoms. The molecule has 4 nitrogen and oxygen atoms in total. The molecule has 0 aromatic carbocycles. The molecule has 15 heavy (non-hydrogen) atoms. The summed E-state index contributed by atoms with van der Waals surface area (Å²) in [5, 5.41) is 8.69. The lowest BCUT2D eigenvalue weighted by atomic mass is 10.2. The van der Waals surface area contributed by atoms with E-state index in [-0.39, 0.29) is 5.57 Å². The molecule has 0 unspecified atom stereocenters. The SMILES string of the molecule is CCN(C=CC=C(C(C)=O)C(=O)O)CC. The van der Waals surface area contributed by atoms with Gasteiger partial charge < -0.3 is 10.0 Å². The molecule has 84 valence electrons. The van der Waals surface area contributed by atoms with E-state index in [9.17, 15) is 9.59 Å². The summed E-state index contributed by atoms with van der Waals surface area (Å²) in [5.41, 5.74) is -0.196. The Morgan fingerprint density at radius 2 is 1.80 bits per heavy atom. The number of rotatable bonds is 6. The molecule has 0 amide bonds. The normalized spacial score (nSPS) is 11.8. The largest absolute Gasteiger partial charge is 0.478 e. The smallest absolute Gasteiger partial charge is 0.339 e. The van der Waals surface area contributed by atoms with Gasteiger partial charge in [0.25, 0.3) is 0 Å². The number of aliphatic carboxylic acids is 1. The fourth-order valence-corrected chi connectivity index (χ4v) is 1.03. The summed E-state index contributed by atoms with van der Waals surface area (Å²) >= 11 is 0. The Morgan fingerprint density at radius 1 is 1.27 bits per heavy atom. The summed E-state index contributed by atoms with van der Waals surface area (Å²) in [6.45, 7) is 6.94. The molecule has 0 fully saturated rings. The van der Waals surface area contributed by atoms with Gasteiger partial charge in [0.15, 0.2) is 5.78 Å². The lowest BCUT2D eigenvalue weighted by molar-refractivity contribution is -0.134. The van der Waals surface area contributed by atoms with Crippen LogP contribution in [0.15, 0.2) is 23.9 Å². The molecule has 0 rings (SSSR count). The number of carbonyl (C=O) groups excluding carboxylic acids is 1. The van der Waals surface area contributed by atoms with E-state index in [4.69, 9.17) is 5.11 Å². The number of Topliss-reactive ketones (excluding diaryl/α,β-unsaturated/α-hetero) is 1. The van der Waals surface area contributed by atoms with Crippen LogP contribution in [-0.4, -0.2) is 34.8 Å². The first-order valence-electron chi connectivity index (χ1n) is 4.89. The molecule has 0 aliphatic carbocycles. The monoisotopic (exact) mass is 211 g/mol. The Hall–Kier alpha value is -1.58. The minimum Gasteiger partial charge on any atom is -0.478 e. The highest BCUT2D eigenvalue weighted by atomic mass is 16.4. The van der Waals surface area contributed by atoms with Crippen LogP contribution in [-0.2, 0) is 9.59 Å². The molecule has 0 atom stereocenters. The van der Waals surface area contributed by atoms with Crippen LogP contribution in [0.5, 0.6) is 0 Å². The van der Waals surface area contributed by atoms with Crippen LogP contribution in [0.25, 0.3) is 0 Å². The summed E-state index contributed by atoms with van der Waals surface area (Å²) < 4.78 is 0. The number of nitrogens with zero attached hydrogens (tertiary/aromatic N) is 1. The molecule has 0 aromatic rings. The van der Waals surface area contributed by atoms with E-state index in [0.29, 0.717) is 0 Å².